The van der Waals surface area contributed by atoms with Crippen LogP contribution in [-0.2, 0) is 4.74 Å². The van der Waals surface area contributed by atoms with Gasteiger partial charge in [-0.3, -0.25) is 0 Å². The van der Waals surface area contributed by atoms with Crippen molar-refractivity contribution in [2.24, 2.45) is 0 Å². The zero-order chi connectivity index (χ0) is 11.0. The molecule has 1 aliphatic rings. The van der Waals surface area contributed by atoms with Gasteiger partial charge in [0.25, 0.3) is 0 Å². The Balaban J connectivity index is 2.09. The molecule has 3 heterocycles. The molecule has 1 atom stereocenters. The number of morpholine rings is 1. The zero-order valence-corrected chi connectivity index (χ0v) is 9.29. The molecule has 5 nitrogen and oxygen atoms in total. The summed E-state index contributed by atoms with van der Waals surface area (Å²) < 4.78 is 5.43. The Kier molecular flexibility index (Phi) is 2.51. The van der Waals surface area contributed by atoms with Crippen LogP contribution >= 0.6 is 11.6 Å². The molecule has 16 heavy (non-hydrogen) atoms. The van der Waals surface area contributed by atoms with Crippen molar-refractivity contribution in [2.45, 2.75) is 6.04 Å². The number of ether oxygens (including phenoxy) is 1. The van der Waals surface area contributed by atoms with E-state index < -0.39 is 0 Å². The number of H-pyrrole nitrogens is 1. The number of halogens is 1. The Morgan fingerprint density at radius 3 is 3.19 bits per heavy atom. The molecule has 2 aromatic rings. The maximum absolute atomic E-state index is 6.08. The third kappa shape index (κ3) is 1.57. The van der Waals surface area contributed by atoms with Crippen molar-refractivity contribution in [1.29, 1.82) is 0 Å². The Morgan fingerprint density at radius 1 is 1.44 bits per heavy atom. The van der Waals surface area contributed by atoms with Crippen molar-refractivity contribution >= 4 is 22.6 Å². The van der Waals surface area contributed by atoms with Crippen LogP contribution < -0.4 is 5.32 Å². The fourth-order valence-corrected chi connectivity index (χ4v) is 2.23. The molecule has 2 N–H and O–H groups in total. The van der Waals surface area contributed by atoms with Gasteiger partial charge in [-0.05, 0) is 0 Å². The second kappa shape index (κ2) is 4.01. The lowest BCUT2D eigenvalue weighted by Gasteiger charge is -2.23. The minimum Gasteiger partial charge on any atom is -0.378 e. The number of rotatable bonds is 1. The SMILES string of the molecule is Clc1ncnc2[nH]cc(C3COCCN3)c12. The maximum atomic E-state index is 6.08. The lowest BCUT2D eigenvalue weighted by atomic mass is 10.1. The average molecular weight is 239 g/mol. The molecule has 1 fully saturated rings. The molecular weight excluding hydrogens is 228 g/mol. The van der Waals surface area contributed by atoms with Crippen molar-refractivity contribution in [2.75, 3.05) is 19.8 Å². The molecule has 0 amide bonds. The summed E-state index contributed by atoms with van der Waals surface area (Å²) in [5.41, 5.74) is 1.84. The van der Waals surface area contributed by atoms with E-state index >= 15 is 0 Å². The summed E-state index contributed by atoms with van der Waals surface area (Å²) in [5, 5.41) is 4.74. The molecule has 1 saturated heterocycles. The Morgan fingerprint density at radius 2 is 2.38 bits per heavy atom. The van der Waals surface area contributed by atoms with Gasteiger partial charge in [0.05, 0.1) is 24.6 Å². The molecule has 0 saturated carbocycles. The van der Waals surface area contributed by atoms with Crippen molar-refractivity contribution in [3.05, 3.63) is 23.2 Å². The number of aromatic amines is 1. The number of fused-ring (bicyclic) bond motifs is 1. The van der Waals surface area contributed by atoms with Gasteiger partial charge < -0.3 is 15.0 Å². The van der Waals surface area contributed by atoms with Crippen LogP contribution in [0, 0.1) is 0 Å². The second-order valence-electron chi connectivity index (χ2n) is 3.71. The molecule has 0 bridgehead atoms. The summed E-state index contributed by atoms with van der Waals surface area (Å²) >= 11 is 6.08. The van der Waals surface area contributed by atoms with Crippen molar-refractivity contribution < 1.29 is 4.74 Å². The van der Waals surface area contributed by atoms with Crippen molar-refractivity contribution in [3.63, 3.8) is 0 Å². The first-order chi connectivity index (χ1) is 7.86. The minimum atomic E-state index is 0.158. The van der Waals surface area contributed by atoms with Gasteiger partial charge in [-0.2, -0.15) is 0 Å². The van der Waals surface area contributed by atoms with Crippen LogP contribution in [0.15, 0.2) is 12.5 Å². The number of nitrogens with zero attached hydrogens (tertiary/aromatic N) is 2. The Labute approximate surface area is 97.2 Å². The van der Waals surface area contributed by atoms with Crippen LogP contribution in [0.4, 0.5) is 0 Å². The van der Waals surface area contributed by atoms with E-state index in [1.807, 2.05) is 6.20 Å². The van der Waals surface area contributed by atoms with Gasteiger partial charge in [0.15, 0.2) is 0 Å². The minimum absolute atomic E-state index is 0.158. The van der Waals surface area contributed by atoms with E-state index in [9.17, 15) is 0 Å². The summed E-state index contributed by atoms with van der Waals surface area (Å²) in [6.45, 7) is 2.25. The largest absolute Gasteiger partial charge is 0.378 e. The topological polar surface area (TPSA) is 62.8 Å². The quantitative estimate of drug-likeness (QED) is 0.735. The van der Waals surface area contributed by atoms with Crippen LogP contribution in [-0.4, -0.2) is 34.7 Å². The van der Waals surface area contributed by atoms with Crippen LogP contribution in [0.3, 0.4) is 0 Å². The first kappa shape index (κ1) is 10.0. The molecule has 3 rings (SSSR count). The molecule has 0 aliphatic carbocycles. The Hall–Kier alpha value is -1.17. The normalized spacial score (nSPS) is 21.4. The first-order valence-electron chi connectivity index (χ1n) is 5.15. The highest BCUT2D eigenvalue weighted by atomic mass is 35.5. The molecule has 1 aliphatic heterocycles. The van der Waals surface area contributed by atoms with E-state index in [-0.39, 0.29) is 6.04 Å². The van der Waals surface area contributed by atoms with E-state index in [4.69, 9.17) is 16.3 Å². The van der Waals surface area contributed by atoms with Crippen LogP contribution in [0.2, 0.25) is 5.15 Å². The van der Waals surface area contributed by atoms with E-state index in [0.717, 1.165) is 29.7 Å². The molecule has 2 aromatic heterocycles. The highest BCUT2D eigenvalue weighted by molar-refractivity contribution is 6.34. The Bertz CT molecular complexity index is 506. The number of nitrogens with one attached hydrogen (secondary N) is 2. The lowest BCUT2D eigenvalue weighted by molar-refractivity contribution is 0.0773. The summed E-state index contributed by atoms with van der Waals surface area (Å²) in [6.07, 6.45) is 3.37. The molecular formula is C10H11ClN4O. The lowest BCUT2D eigenvalue weighted by Crippen LogP contribution is -2.34. The third-order valence-corrected chi connectivity index (χ3v) is 3.04. The summed E-state index contributed by atoms with van der Waals surface area (Å²) in [4.78, 5) is 11.2. The van der Waals surface area contributed by atoms with E-state index in [0.29, 0.717) is 11.8 Å². The van der Waals surface area contributed by atoms with E-state index in [2.05, 4.69) is 20.3 Å². The zero-order valence-electron chi connectivity index (χ0n) is 8.53. The predicted octanol–water partition coefficient (Wildman–Crippen LogP) is 1.27. The summed E-state index contributed by atoms with van der Waals surface area (Å²) in [7, 11) is 0. The molecule has 84 valence electrons. The molecule has 1 unspecified atom stereocenters. The van der Waals surface area contributed by atoms with Gasteiger partial charge in [0.1, 0.15) is 17.1 Å². The van der Waals surface area contributed by atoms with Gasteiger partial charge in [0.2, 0.25) is 0 Å². The third-order valence-electron chi connectivity index (χ3n) is 2.75. The highest BCUT2D eigenvalue weighted by Crippen LogP contribution is 2.28. The van der Waals surface area contributed by atoms with Gasteiger partial charge in [-0.15, -0.1) is 0 Å². The van der Waals surface area contributed by atoms with Gasteiger partial charge in [0, 0.05) is 18.3 Å². The van der Waals surface area contributed by atoms with Crippen LogP contribution in [0.25, 0.3) is 11.0 Å². The van der Waals surface area contributed by atoms with Gasteiger partial charge >= 0.3 is 0 Å². The first-order valence-corrected chi connectivity index (χ1v) is 5.52. The van der Waals surface area contributed by atoms with Crippen LogP contribution in [0.1, 0.15) is 11.6 Å². The fourth-order valence-electron chi connectivity index (χ4n) is 1.99. The number of hydrogen-bond donors (Lipinski definition) is 2. The summed E-state index contributed by atoms with van der Waals surface area (Å²) in [5.74, 6) is 0. The molecule has 0 aromatic carbocycles. The maximum Gasteiger partial charge on any atom is 0.142 e. The second-order valence-corrected chi connectivity index (χ2v) is 4.07. The van der Waals surface area contributed by atoms with Crippen molar-refractivity contribution in [3.8, 4) is 0 Å². The predicted molar refractivity (Wildman–Crippen MR) is 60.5 cm³/mol. The summed E-state index contributed by atoms with van der Waals surface area (Å²) in [6, 6.07) is 0.158. The van der Waals surface area contributed by atoms with Gasteiger partial charge in [-0.1, -0.05) is 11.6 Å². The van der Waals surface area contributed by atoms with E-state index in [1.165, 1.54) is 6.33 Å². The standard InChI is InChI=1S/C10H11ClN4O/c11-9-8-6(7-4-16-2-1-12-7)3-13-10(8)15-5-14-9/h3,5,7,12H,1-2,4H2,(H,13,14,15). The highest BCUT2D eigenvalue weighted by Gasteiger charge is 2.20. The fraction of sp³-hybridized carbons (Fsp3) is 0.400. The number of hydrogen-bond acceptors (Lipinski definition) is 4. The van der Waals surface area contributed by atoms with Crippen molar-refractivity contribution in [1.82, 2.24) is 20.3 Å². The number of aromatic nitrogens is 3. The molecule has 0 spiro atoms. The van der Waals surface area contributed by atoms with E-state index in [1.54, 1.807) is 0 Å². The van der Waals surface area contributed by atoms with Crippen LogP contribution in [0.5, 0.6) is 0 Å². The average Bonchev–Trinajstić information content (AvgIpc) is 2.75. The molecule has 6 heteroatoms. The monoisotopic (exact) mass is 238 g/mol. The van der Waals surface area contributed by atoms with Gasteiger partial charge in [-0.25, -0.2) is 9.97 Å². The smallest absolute Gasteiger partial charge is 0.142 e. The molecule has 0 radical (unpaired) electrons.